The molecule has 5 aromatic carbocycles. The number of sulfonamides is 1. The van der Waals surface area contributed by atoms with Crippen LogP contribution < -0.4 is 19.5 Å². The van der Waals surface area contributed by atoms with Gasteiger partial charge in [0.15, 0.2) is 0 Å². The van der Waals surface area contributed by atoms with Crippen molar-refractivity contribution in [2.45, 2.75) is 54.0 Å². The van der Waals surface area contributed by atoms with Crippen LogP contribution in [0.4, 0.5) is 11.4 Å². The van der Waals surface area contributed by atoms with Crippen molar-refractivity contribution >= 4 is 54.5 Å². The predicted octanol–water partition coefficient (Wildman–Crippen LogP) is 7.78. The zero-order valence-corrected chi connectivity index (χ0v) is 31.2. The molecule has 0 aliphatic rings. The Kier molecular flexibility index (Phi) is 11.1. The Labute approximate surface area is 308 Å². The maximum absolute atomic E-state index is 13.7. The third-order valence-electron chi connectivity index (χ3n) is 7.74. The number of halogens is 1. The summed E-state index contributed by atoms with van der Waals surface area (Å²) in [6, 6.07) is 32.9. The number of rotatable bonds is 13. The van der Waals surface area contributed by atoms with Crippen LogP contribution in [0.5, 0.6) is 11.5 Å². The maximum atomic E-state index is 13.7. The summed E-state index contributed by atoms with van der Waals surface area (Å²) in [7, 11) is -7.90. The molecule has 0 bridgehead atoms. The summed E-state index contributed by atoms with van der Waals surface area (Å²) in [5, 5.41) is -0.0402. The summed E-state index contributed by atoms with van der Waals surface area (Å²) < 4.78 is 66.8. The molecule has 5 rings (SSSR count). The van der Waals surface area contributed by atoms with Crippen LogP contribution in [0.2, 0.25) is 0 Å². The van der Waals surface area contributed by atoms with Crippen LogP contribution in [0.15, 0.2) is 142 Å². The van der Waals surface area contributed by atoms with Crippen molar-refractivity contribution in [3.05, 3.63) is 139 Å². The Morgan fingerprint density at radius 3 is 1.79 bits per heavy atom. The van der Waals surface area contributed by atoms with Crippen molar-refractivity contribution in [2.24, 2.45) is 5.41 Å². The second-order valence-corrected chi connectivity index (χ2v) is 17.1. The number of Topliss-reactive ketones (excluding diaryl/α,β-unsaturated/α-hetero) is 1. The minimum absolute atomic E-state index is 0.0330. The molecule has 0 spiro atoms. The molecule has 270 valence electrons. The third kappa shape index (κ3) is 9.00. The number of carbonyl (C=O) groups excluding carboxylic acids is 2. The minimum atomic E-state index is -3.96. The van der Waals surface area contributed by atoms with E-state index in [0.717, 1.165) is 11.1 Å². The normalized spacial score (nSPS) is 13.0. The predicted molar refractivity (Wildman–Crippen MR) is 200 cm³/mol. The molecule has 0 heterocycles. The van der Waals surface area contributed by atoms with Crippen molar-refractivity contribution in [3.8, 4) is 11.5 Å². The van der Waals surface area contributed by atoms with Crippen molar-refractivity contribution in [3.63, 3.8) is 0 Å². The summed E-state index contributed by atoms with van der Waals surface area (Å²) in [4.78, 5) is 27.3. The van der Waals surface area contributed by atoms with E-state index in [4.69, 9.17) is 21.1 Å². The van der Waals surface area contributed by atoms with E-state index in [1.54, 1.807) is 45.0 Å². The van der Waals surface area contributed by atoms with Gasteiger partial charge in [-0.25, -0.2) is 16.8 Å². The highest BCUT2D eigenvalue weighted by molar-refractivity contribution is 7.92. The van der Waals surface area contributed by atoms with Gasteiger partial charge in [0.05, 0.1) is 20.4 Å². The second-order valence-electron chi connectivity index (χ2n) is 13.0. The van der Waals surface area contributed by atoms with Gasteiger partial charge in [0, 0.05) is 11.1 Å². The van der Waals surface area contributed by atoms with Crippen molar-refractivity contribution in [1.82, 2.24) is 0 Å². The van der Waals surface area contributed by atoms with E-state index in [9.17, 15) is 26.4 Å². The van der Waals surface area contributed by atoms with Crippen LogP contribution in [0.3, 0.4) is 0 Å². The average molecular weight is 761 g/mol. The fourth-order valence-electron chi connectivity index (χ4n) is 4.92. The topological polar surface area (TPSA) is 145 Å². The first-order chi connectivity index (χ1) is 24.5. The van der Waals surface area contributed by atoms with Crippen molar-refractivity contribution in [2.75, 3.05) is 10.0 Å². The van der Waals surface area contributed by atoms with Gasteiger partial charge in [-0.15, -0.1) is 0 Å². The number of alkyl halides is 1. The summed E-state index contributed by atoms with van der Waals surface area (Å²) in [5.41, 5.74) is 0.992. The van der Waals surface area contributed by atoms with Crippen LogP contribution >= 0.6 is 11.6 Å². The monoisotopic (exact) mass is 760 g/mol. The molecule has 5 aromatic rings. The highest BCUT2D eigenvalue weighted by Gasteiger charge is 2.51. The molecule has 13 heteroatoms. The number of sulfone groups is 1. The van der Waals surface area contributed by atoms with Gasteiger partial charge in [-0.2, -0.15) is 0 Å². The van der Waals surface area contributed by atoms with Crippen LogP contribution in [0, 0.1) is 12.3 Å². The highest BCUT2D eigenvalue weighted by atomic mass is 35.5. The number of hydrogen-bond acceptors (Lipinski definition) is 8. The van der Waals surface area contributed by atoms with Gasteiger partial charge >= 0.3 is 5.06 Å². The van der Waals surface area contributed by atoms with E-state index in [-0.39, 0.29) is 31.8 Å². The molecule has 0 aromatic heterocycles. The number of anilines is 2. The Morgan fingerprint density at radius 1 is 0.673 bits per heavy atom. The Hall–Kier alpha value is -5.17. The number of carbonyl (C=O) groups is 2. The zero-order chi connectivity index (χ0) is 37.7. The van der Waals surface area contributed by atoms with Crippen LogP contribution in [0.25, 0.3) is 0 Å². The number of benzene rings is 5. The lowest BCUT2D eigenvalue weighted by Crippen LogP contribution is -2.54. The molecule has 10 nitrogen and oxygen atoms in total. The Bertz CT molecular complexity index is 2270. The van der Waals surface area contributed by atoms with Gasteiger partial charge in [0.25, 0.3) is 15.9 Å². The summed E-state index contributed by atoms with van der Waals surface area (Å²) in [6.07, 6.45) is 0. The molecular formula is C39H37ClN2O8S2. The van der Waals surface area contributed by atoms with E-state index in [1.165, 1.54) is 72.8 Å². The van der Waals surface area contributed by atoms with Crippen LogP contribution in [-0.2, 0) is 36.1 Å². The van der Waals surface area contributed by atoms with Gasteiger partial charge in [-0.05, 0) is 91.3 Å². The number of hydrogen-bond donors (Lipinski definition) is 2. The van der Waals surface area contributed by atoms with Crippen molar-refractivity contribution < 1.29 is 35.9 Å². The molecule has 1 amide bonds. The van der Waals surface area contributed by atoms with Gasteiger partial charge in [0.2, 0.25) is 15.6 Å². The number of ketones is 1. The zero-order valence-electron chi connectivity index (χ0n) is 28.8. The van der Waals surface area contributed by atoms with E-state index in [0.29, 0.717) is 12.4 Å². The maximum Gasteiger partial charge on any atom is 0.320 e. The third-order valence-corrected chi connectivity index (χ3v) is 11.3. The molecule has 0 aliphatic heterocycles. The SMILES string of the molecule is Cc1ccc(S(=O)(=O)Nc2cccc(NC(=O)C(Cl)(Oc3ccc(S(=O)(=O)c4ccc(OCc5ccccc5)cc4)cc3)C(=O)C(C)(C)C)c2)cc1. The first-order valence-corrected chi connectivity index (χ1v) is 19.4. The Morgan fingerprint density at radius 2 is 1.21 bits per heavy atom. The lowest BCUT2D eigenvalue weighted by atomic mass is 9.86. The van der Waals surface area contributed by atoms with E-state index in [1.807, 2.05) is 37.3 Å². The standard InChI is InChI=1S/C39H37ClN2O8S2/c1-27-13-19-35(20-14-27)52(47,48)42-30-12-8-11-29(25-30)41-37(44)39(40,36(43)38(2,3)4)50-32-17-23-34(24-18-32)51(45,46)33-21-15-31(16-22-33)49-26-28-9-6-5-7-10-28/h5-25,42H,26H2,1-4H3,(H,41,44). The van der Waals surface area contributed by atoms with Gasteiger partial charge in [-0.3, -0.25) is 14.3 Å². The number of amides is 1. The molecule has 2 N–H and O–H groups in total. The first kappa shape index (κ1) is 38.1. The lowest BCUT2D eigenvalue weighted by Gasteiger charge is -2.31. The lowest BCUT2D eigenvalue weighted by molar-refractivity contribution is -0.144. The second kappa shape index (κ2) is 15.2. The van der Waals surface area contributed by atoms with Gasteiger partial charge in [0.1, 0.15) is 18.1 Å². The average Bonchev–Trinajstić information content (AvgIpc) is 3.11. The molecular weight excluding hydrogens is 724 g/mol. The molecule has 0 radical (unpaired) electrons. The number of ether oxygens (including phenoxy) is 2. The van der Waals surface area contributed by atoms with E-state index in [2.05, 4.69) is 10.0 Å². The van der Waals surface area contributed by atoms with Crippen LogP contribution in [0.1, 0.15) is 31.9 Å². The van der Waals surface area contributed by atoms with Crippen molar-refractivity contribution in [1.29, 1.82) is 0 Å². The smallest absolute Gasteiger partial charge is 0.320 e. The largest absolute Gasteiger partial charge is 0.489 e. The summed E-state index contributed by atoms with van der Waals surface area (Å²) in [6.45, 7) is 6.87. The first-order valence-electron chi connectivity index (χ1n) is 16.0. The Balaban J connectivity index is 1.32. The molecule has 1 atom stereocenters. The molecule has 0 fully saturated rings. The fourth-order valence-corrected chi connectivity index (χ4v) is 7.65. The number of nitrogens with one attached hydrogen (secondary N) is 2. The van der Waals surface area contributed by atoms with Gasteiger partial charge in [-0.1, -0.05) is 86.5 Å². The van der Waals surface area contributed by atoms with E-state index >= 15 is 0 Å². The van der Waals surface area contributed by atoms with E-state index < -0.39 is 42.0 Å². The quantitative estimate of drug-likeness (QED) is 0.0915. The number of aryl methyl sites for hydroxylation is 1. The van der Waals surface area contributed by atoms with Gasteiger partial charge < -0.3 is 14.8 Å². The molecule has 52 heavy (non-hydrogen) atoms. The fraction of sp³-hybridized carbons (Fsp3) is 0.179. The summed E-state index contributed by atoms with van der Waals surface area (Å²) in [5.74, 6) is -1.37. The molecule has 1 unspecified atom stereocenters. The molecule has 0 aliphatic carbocycles. The summed E-state index contributed by atoms with van der Waals surface area (Å²) >= 11 is 6.73. The molecule has 0 saturated heterocycles. The van der Waals surface area contributed by atoms with Crippen LogP contribution in [-0.4, -0.2) is 33.6 Å². The highest BCUT2D eigenvalue weighted by Crippen LogP contribution is 2.34. The molecule has 0 saturated carbocycles. The minimum Gasteiger partial charge on any atom is -0.489 e.